The zero-order valence-corrected chi connectivity index (χ0v) is 11.7. The number of carbonyl (C=O) groups is 1. The van der Waals surface area contributed by atoms with Crippen molar-refractivity contribution in [2.24, 2.45) is 0 Å². The maximum Gasteiger partial charge on any atom is 0.237 e. The number of amides is 1. The van der Waals surface area contributed by atoms with Crippen molar-refractivity contribution in [2.75, 3.05) is 20.1 Å². The minimum atomic E-state index is -0.0565. The molecule has 1 amide bonds. The number of nitrogens with one attached hydrogen (secondary N) is 2. The molecule has 0 aromatic rings. The summed E-state index contributed by atoms with van der Waals surface area (Å²) in [6.07, 6.45) is 7.15. The van der Waals surface area contributed by atoms with Crippen molar-refractivity contribution < 1.29 is 4.79 Å². The Hall–Kier alpha value is -0.610. The van der Waals surface area contributed by atoms with E-state index in [0.29, 0.717) is 12.1 Å². The number of carbonyl (C=O) groups excluding carboxylic acids is 1. The molecule has 1 atom stereocenters. The van der Waals surface area contributed by atoms with Gasteiger partial charge in [-0.05, 0) is 52.7 Å². The second-order valence-electron chi connectivity index (χ2n) is 5.96. The standard InChI is InChI=1S/C14H27N3O/c1-11(14(18)16-12-5-3-4-6-12)15-13-7-9-17(2)10-8-13/h11-13,15H,3-10H2,1-2H3,(H,16,18). The molecular formula is C14H27N3O. The number of nitrogens with zero attached hydrogens (tertiary/aromatic N) is 1. The lowest BCUT2D eigenvalue weighted by Crippen LogP contribution is -2.51. The largest absolute Gasteiger partial charge is 0.352 e. The van der Waals surface area contributed by atoms with Crippen molar-refractivity contribution >= 4 is 5.91 Å². The fourth-order valence-corrected chi connectivity index (χ4v) is 3.00. The molecule has 18 heavy (non-hydrogen) atoms. The number of piperidine rings is 1. The van der Waals surface area contributed by atoms with Crippen LogP contribution in [0, 0.1) is 0 Å². The molecule has 1 aliphatic heterocycles. The molecule has 1 aliphatic carbocycles. The van der Waals surface area contributed by atoms with Crippen LogP contribution in [0.25, 0.3) is 0 Å². The van der Waals surface area contributed by atoms with E-state index >= 15 is 0 Å². The van der Waals surface area contributed by atoms with E-state index in [-0.39, 0.29) is 11.9 Å². The fourth-order valence-electron chi connectivity index (χ4n) is 3.00. The SMILES string of the molecule is CC(NC1CCN(C)CC1)C(=O)NC1CCCC1. The smallest absolute Gasteiger partial charge is 0.237 e. The third-order valence-electron chi connectivity index (χ3n) is 4.30. The first-order chi connectivity index (χ1) is 8.65. The Bertz CT molecular complexity index is 268. The summed E-state index contributed by atoms with van der Waals surface area (Å²) in [5.74, 6) is 0.181. The molecule has 104 valence electrons. The van der Waals surface area contributed by atoms with Crippen molar-refractivity contribution in [3.8, 4) is 0 Å². The Balaban J connectivity index is 1.69. The van der Waals surface area contributed by atoms with Gasteiger partial charge in [0.25, 0.3) is 0 Å². The minimum Gasteiger partial charge on any atom is -0.352 e. The summed E-state index contributed by atoms with van der Waals surface area (Å²) in [7, 11) is 2.16. The van der Waals surface area contributed by atoms with E-state index in [0.717, 1.165) is 38.8 Å². The number of rotatable bonds is 4. The molecule has 0 radical (unpaired) electrons. The monoisotopic (exact) mass is 253 g/mol. The second-order valence-corrected chi connectivity index (χ2v) is 5.96. The Morgan fingerprint density at radius 2 is 1.72 bits per heavy atom. The van der Waals surface area contributed by atoms with Gasteiger partial charge in [-0.15, -0.1) is 0 Å². The molecule has 0 spiro atoms. The first-order valence-corrected chi connectivity index (χ1v) is 7.40. The fraction of sp³-hybridized carbons (Fsp3) is 0.929. The van der Waals surface area contributed by atoms with Crippen molar-refractivity contribution in [3.05, 3.63) is 0 Å². The Labute approximate surface area is 110 Å². The van der Waals surface area contributed by atoms with E-state index in [2.05, 4.69) is 22.6 Å². The van der Waals surface area contributed by atoms with Crippen molar-refractivity contribution in [3.63, 3.8) is 0 Å². The van der Waals surface area contributed by atoms with Crippen LogP contribution in [-0.2, 0) is 4.79 Å². The highest BCUT2D eigenvalue weighted by Crippen LogP contribution is 2.17. The van der Waals surface area contributed by atoms with Crippen molar-refractivity contribution in [2.45, 2.75) is 63.6 Å². The molecule has 2 N–H and O–H groups in total. The number of hydrogen-bond donors (Lipinski definition) is 2. The van der Waals surface area contributed by atoms with Gasteiger partial charge < -0.3 is 15.5 Å². The topological polar surface area (TPSA) is 44.4 Å². The molecule has 2 aliphatic rings. The van der Waals surface area contributed by atoms with Gasteiger partial charge in [0, 0.05) is 12.1 Å². The Kier molecular flexibility index (Phi) is 5.01. The predicted molar refractivity (Wildman–Crippen MR) is 73.5 cm³/mol. The second kappa shape index (κ2) is 6.53. The summed E-state index contributed by atoms with van der Waals surface area (Å²) in [6, 6.07) is 0.878. The molecule has 0 aromatic carbocycles. The van der Waals surface area contributed by atoms with Gasteiger partial charge in [-0.2, -0.15) is 0 Å². The lowest BCUT2D eigenvalue weighted by molar-refractivity contribution is -0.123. The van der Waals surface area contributed by atoms with Crippen LogP contribution in [0.5, 0.6) is 0 Å². The highest BCUT2D eigenvalue weighted by atomic mass is 16.2. The van der Waals surface area contributed by atoms with Gasteiger partial charge in [0.05, 0.1) is 6.04 Å². The summed E-state index contributed by atoms with van der Waals surface area (Å²) in [5, 5.41) is 6.64. The molecule has 1 heterocycles. The Morgan fingerprint density at radius 3 is 2.33 bits per heavy atom. The molecule has 2 rings (SSSR count). The van der Waals surface area contributed by atoms with Gasteiger partial charge in [-0.3, -0.25) is 4.79 Å². The predicted octanol–water partition coefficient (Wildman–Crippen LogP) is 1.12. The third-order valence-corrected chi connectivity index (χ3v) is 4.30. The maximum absolute atomic E-state index is 12.1. The molecule has 0 bridgehead atoms. The first-order valence-electron chi connectivity index (χ1n) is 7.40. The highest BCUT2D eigenvalue weighted by molar-refractivity contribution is 5.81. The van der Waals surface area contributed by atoms with Gasteiger partial charge in [-0.25, -0.2) is 0 Å². The van der Waals surface area contributed by atoms with E-state index in [1.54, 1.807) is 0 Å². The summed E-state index contributed by atoms with van der Waals surface area (Å²) in [5.41, 5.74) is 0. The van der Waals surface area contributed by atoms with E-state index in [9.17, 15) is 4.79 Å². The first kappa shape index (κ1) is 13.8. The molecule has 1 unspecified atom stereocenters. The molecule has 1 saturated heterocycles. The molecule has 0 aromatic heterocycles. The van der Waals surface area contributed by atoms with E-state index in [4.69, 9.17) is 0 Å². The Morgan fingerprint density at radius 1 is 1.11 bits per heavy atom. The molecule has 4 nitrogen and oxygen atoms in total. The van der Waals surface area contributed by atoms with Crippen LogP contribution in [-0.4, -0.2) is 49.1 Å². The minimum absolute atomic E-state index is 0.0565. The van der Waals surface area contributed by atoms with Crippen LogP contribution in [0.3, 0.4) is 0 Å². The van der Waals surface area contributed by atoms with E-state index in [1.165, 1.54) is 12.8 Å². The molecule has 4 heteroatoms. The van der Waals surface area contributed by atoms with Crippen LogP contribution < -0.4 is 10.6 Å². The number of likely N-dealkylation sites (tertiary alicyclic amines) is 1. The summed E-state index contributed by atoms with van der Waals surface area (Å²) in [4.78, 5) is 14.4. The maximum atomic E-state index is 12.1. The molecule has 2 fully saturated rings. The highest BCUT2D eigenvalue weighted by Gasteiger charge is 2.24. The lowest BCUT2D eigenvalue weighted by Gasteiger charge is -2.31. The zero-order chi connectivity index (χ0) is 13.0. The summed E-state index contributed by atoms with van der Waals surface area (Å²) >= 11 is 0. The third kappa shape index (κ3) is 3.95. The zero-order valence-electron chi connectivity index (χ0n) is 11.7. The van der Waals surface area contributed by atoms with Crippen LogP contribution in [0.2, 0.25) is 0 Å². The summed E-state index contributed by atoms with van der Waals surface area (Å²) in [6.45, 7) is 4.26. The molecule has 1 saturated carbocycles. The van der Waals surface area contributed by atoms with E-state index < -0.39 is 0 Å². The average Bonchev–Trinajstić information content (AvgIpc) is 2.85. The van der Waals surface area contributed by atoms with Crippen LogP contribution in [0.4, 0.5) is 0 Å². The number of hydrogen-bond acceptors (Lipinski definition) is 3. The van der Waals surface area contributed by atoms with Gasteiger partial charge >= 0.3 is 0 Å². The molecular weight excluding hydrogens is 226 g/mol. The van der Waals surface area contributed by atoms with Crippen LogP contribution in [0.1, 0.15) is 45.4 Å². The van der Waals surface area contributed by atoms with E-state index in [1.807, 2.05) is 6.92 Å². The quantitative estimate of drug-likeness (QED) is 0.789. The van der Waals surface area contributed by atoms with Crippen molar-refractivity contribution in [1.82, 2.24) is 15.5 Å². The van der Waals surface area contributed by atoms with Gasteiger partial charge in [0.1, 0.15) is 0 Å². The summed E-state index contributed by atoms with van der Waals surface area (Å²) < 4.78 is 0. The normalized spacial score (nSPS) is 25.2. The van der Waals surface area contributed by atoms with Crippen molar-refractivity contribution in [1.29, 1.82) is 0 Å². The average molecular weight is 253 g/mol. The van der Waals surface area contributed by atoms with Crippen LogP contribution >= 0.6 is 0 Å². The van der Waals surface area contributed by atoms with Gasteiger partial charge in [-0.1, -0.05) is 12.8 Å². The van der Waals surface area contributed by atoms with Crippen LogP contribution in [0.15, 0.2) is 0 Å². The van der Waals surface area contributed by atoms with Gasteiger partial charge in [0.15, 0.2) is 0 Å². The van der Waals surface area contributed by atoms with Gasteiger partial charge in [0.2, 0.25) is 5.91 Å². The lowest BCUT2D eigenvalue weighted by atomic mass is 10.0.